The van der Waals surface area contributed by atoms with E-state index in [0.29, 0.717) is 78.1 Å². The molecule has 14 heteroatoms. The van der Waals surface area contributed by atoms with E-state index in [1.165, 1.54) is 11.3 Å². The molecular formula is C31H32Cl2FN7O3S. The van der Waals surface area contributed by atoms with E-state index in [0.717, 1.165) is 16.9 Å². The molecule has 0 saturated carbocycles. The number of carbonyl (C=O) groups is 2. The number of carbonyl (C=O) groups excluding carboxylic acids is 2. The number of benzene rings is 1. The second-order valence-electron chi connectivity index (χ2n) is 10.3. The Balaban J connectivity index is 1.30. The summed E-state index contributed by atoms with van der Waals surface area (Å²) in [6.07, 6.45) is 5.05. The van der Waals surface area contributed by atoms with Crippen molar-refractivity contribution in [2.75, 3.05) is 32.2 Å². The summed E-state index contributed by atoms with van der Waals surface area (Å²) < 4.78 is 17.9. The molecule has 0 radical (unpaired) electrons. The molecule has 45 heavy (non-hydrogen) atoms. The maximum atomic E-state index is 13.0. The first-order valence-electron chi connectivity index (χ1n) is 14.4. The first kappa shape index (κ1) is 32.7. The van der Waals surface area contributed by atoms with Crippen molar-refractivity contribution in [2.24, 2.45) is 0 Å². The molecule has 1 aliphatic rings. The van der Waals surface area contributed by atoms with E-state index in [1.54, 1.807) is 43.8 Å². The van der Waals surface area contributed by atoms with Crippen LogP contribution in [0, 0.1) is 0 Å². The van der Waals surface area contributed by atoms with Crippen LogP contribution in [0.4, 0.5) is 10.1 Å². The summed E-state index contributed by atoms with van der Waals surface area (Å²) in [5, 5.41) is 13.1. The fourth-order valence-electron chi connectivity index (χ4n) is 4.86. The van der Waals surface area contributed by atoms with E-state index < -0.39 is 5.91 Å². The van der Waals surface area contributed by atoms with Gasteiger partial charge >= 0.3 is 0 Å². The monoisotopic (exact) mass is 671 g/mol. The Labute approximate surface area is 274 Å². The summed E-state index contributed by atoms with van der Waals surface area (Å²) in [7, 11) is 1.56. The van der Waals surface area contributed by atoms with Crippen molar-refractivity contribution in [3.63, 3.8) is 0 Å². The zero-order valence-corrected chi connectivity index (χ0v) is 26.8. The van der Waals surface area contributed by atoms with Gasteiger partial charge in [-0.15, -0.1) is 11.3 Å². The highest BCUT2D eigenvalue weighted by Crippen LogP contribution is 2.40. The lowest BCUT2D eigenvalue weighted by atomic mass is 10.1. The molecule has 0 bridgehead atoms. The SMILES string of the molecule is COc1nc(-c2ccnc(-c3cccc(NC(=O)c4ncc(CNCCCF)s4)c3Cl)c2Cl)ccc1CNCC1CCC(=O)N1. The Morgan fingerprint density at radius 2 is 1.98 bits per heavy atom. The van der Waals surface area contributed by atoms with E-state index in [1.807, 2.05) is 12.1 Å². The smallest absolute Gasteiger partial charge is 0.284 e. The number of hydrogen-bond acceptors (Lipinski definition) is 9. The molecule has 236 valence electrons. The van der Waals surface area contributed by atoms with E-state index >= 15 is 0 Å². The largest absolute Gasteiger partial charge is 0.481 e. The molecule has 1 saturated heterocycles. The predicted octanol–water partition coefficient (Wildman–Crippen LogP) is 5.65. The summed E-state index contributed by atoms with van der Waals surface area (Å²) in [6, 6.07) is 10.9. The molecule has 1 aliphatic heterocycles. The number of aromatic nitrogens is 3. The lowest BCUT2D eigenvalue weighted by Crippen LogP contribution is -2.35. The van der Waals surface area contributed by atoms with Crippen LogP contribution in [0.2, 0.25) is 10.0 Å². The zero-order valence-electron chi connectivity index (χ0n) is 24.5. The van der Waals surface area contributed by atoms with Crippen LogP contribution in [0.25, 0.3) is 22.5 Å². The van der Waals surface area contributed by atoms with Crippen LogP contribution in [0.1, 0.15) is 39.5 Å². The summed E-state index contributed by atoms with van der Waals surface area (Å²) in [5.74, 6) is 0.132. The van der Waals surface area contributed by atoms with Gasteiger partial charge in [0.15, 0.2) is 5.01 Å². The minimum atomic E-state index is -0.402. The number of thiazole rings is 1. The number of methoxy groups -OCH3 is 1. The molecule has 10 nitrogen and oxygen atoms in total. The third-order valence-electron chi connectivity index (χ3n) is 7.13. The highest BCUT2D eigenvalue weighted by Gasteiger charge is 2.21. The average Bonchev–Trinajstić information content (AvgIpc) is 3.70. The Morgan fingerprint density at radius 1 is 1.11 bits per heavy atom. The fourth-order valence-corrected chi connectivity index (χ4v) is 6.21. The van der Waals surface area contributed by atoms with Crippen molar-refractivity contribution in [1.82, 2.24) is 30.9 Å². The summed E-state index contributed by atoms with van der Waals surface area (Å²) in [5.41, 5.74) is 3.43. The van der Waals surface area contributed by atoms with Gasteiger partial charge in [0.25, 0.3) is 5.91 Å². The van der Waals surface area contributed by atoms with E-state index in [2.05, 4.69) is 31.2 Å². The van der Waals surface area contributed by atoms with Gasteiger partial charge in [-0.3, -0.25) is 19.0 Å². The lowest BCUT2D eigenvalue weighted by Gasteiger charge is -2.15. The third kappa shape index (κ3) is 8.13. The molecule has 5 rings (SSSR count). The highest BCUT2D eigenvalue weighted by atomic mass is 35.5. The molecule has 1 unspecified atom stereocenters. The number of nitrogens with zero attached hydrogens (tertiary/aromatic N) is 3. The maximum absolute atomic E-state index is 13.0. The average molecular weight is 673 g/mol. The van der Waals surface area contributed by atoms with Crippen molar-refractivity contribution in [3.8, 4) is 28.4 Å². The Bertz CT molecular complexity index is 1670. The number of anilines is 1. The van der Waals surface area contributed by atoms with Gasteiger partial charge in [0, 0.05) is 66.1 Å². The summed E-state index contributed by atoms with van der Waals surface area (Å²) >= 11 is 14.9. The van der Waals surface area contributed by atoms with Crippen LogP contribution < -0.4 is 26.0 Å². The minimum Gasteiger partial charge on any atom is -0.481 e. The summed E-state index contributed by atoms with van der Waals surface area (Å²) in [4.78, 5) is 38.7. The van der Waals surface area contributed by atoms with E-state index in [4.69, 9.17) is 32.9 Å². The van der Waals surface area contributed by atoms with Crippen molar-refractivity contribution in [1.29, 1.82) is 0 Å². The highest BCUT2D eigenvalue weighted by molar-refractivity contribution is 7.13. The Morgan fingerprint density at radius 3 is 2.76 bits per heavy atom. The third-order valence-corrected chi connectivity index (χ3v) is 8.91. The van der Waals surface area contributed by atoms with Gasteiger partial charge in [0.1, 0.15) is 0 Å². The molecule has 2 amide bonds. The van der Waals surface area contributed by atoms with Crippen LogP contribution in [-0.4, -0.2) is 59.7 Å². The Kier molecular flexibility index (Phi) is 11.3. The molecule has 1 atom stereocenters. The van der Waals surface area contributed by atoms with Gasteiger partial charge < -0.3 is 26.0 Å². The van der Waals surface area contributed by atoms with Crippen LogP contribution in [-0.2, 0) is 17.9 Å². The zero-order chi connectivity index (χ0) is 31.8. The van der Waals surface area contributed by atoms with E-state index in [-0.39, 0.29) is 28.7 Å². The van der Waals surface area contributed by atoms with Gasteiger partial charge in [-0.05, 0) is 37.6 Å². The molecule has 1 fully saturated rings. The van der Waals surface area contributed by atoms with Crippen LogP contribution in [0.3, 0.4) is 0 Å². The van der Waals surface area contributed by atoms with Crippen LogP contribution >= 0.6 is 34.5 Å². The Hall–Kier alpha value is -3.68. The number of halogens is 3. The number of rotatable bonds is 14. The van der Waals surface area contributed by atoms with Crippen LogP contribution in [0.5, 0.6) is 5.88 Å². The van der Waals surface area contributed by atoms with E-state index in [9.17, 15) is 14.0 Å². The maximum Gasteiger partial charge on any atom is 0.284 e. The standard InChI is InChI=1S/C31H32Cl2FN7O3S/c1-44-30-18(14-36-15-19-7-9-25(42)39-19)6-8-23(41-30)21-10-13-37-28(27(21)33)22-4-2-5-24(26(22)32)40-29(43)31-38-17-20(45-31)16-35-12-3-11-34/h2,4-6,8,10,13,17,19,35-36H,3,7,9,11-12,14-16H2,1H3,(H,39,42)(H,40,43). The number of nitrogens with one attached hydrogen (secondary N) is 4. The number of alkyl halides is 1. The molecule has 0 aliphatic carbocycles. The van der Waals surface area contributed by atoms with Gasteiger partial charge in [0.2, 0.25) is 11.8 Å². The lowest BCUT2D eigenvalue weighted by molar-refractivity contribution is -0.119. The van der Waals surface area contributed by atoms with Gasteiger partial charge in [-0.1, -0.05) is 41.4 Å². The number of hydrogen-bond donors (Lipinski definition) is 4. The normalized spacial score (nSPS) is 14.4. The van der Waals surface area contributed by atoms with Crippen molar-refractivity contribution in [3.05, 3.63) is 74.3 Å². The first-order valence-corrected chi connectivity index (χ1v) is 16.0. The number of ether oxygens (including phenoxy) is 1. The molecule has 4 aromatic rings. The minimum absolute atomic E-state index is 0.0819. The molecule has 0 spiro atoms. The van der Waals surface area contributed by atoms with Gasteiger partial charge in [-0.25, -0.2) is 9.97 Å². The van der Waals surface area contributed by atoms with Gasteiger partial charge in [0.05, 0.1) is 40.9 Å². The molecule has 4 heterocycles. The number of pyridine rings is 2. The predicted molar refractivity (Wildman–Crippen MR) is 175 cm³/mol. The fraction of sp³-hybridized carbons (Fsp3) is 0.323. The van der Waals surface area contributed by atoms with Gasteiger partial charge in [-0.2, -0.15) is 0 Å². The van der Waals surface area contributed by atoms with Crippen molar-refractivity contribution < 1.29 is 18.7 Å². The first-order chi connectivity index (χ1) is 21.9. The molecular weight excluding hydrogens is 640 g/mol. The van der Waals surface area contributed by atoms with Crippen molar-refractivity contribution in [2.45, 2.75) is 38.4 Å². The number of amides is 2. The van der Waals surface area contributed by atoms with Crippen molar-refractivity contribution >= 4 is 52.0 Å². The molecule has 1 aromatic carbocycles. The molecule has 3 aromatic heterocycles. The molecule has 4 N–H and O–H groups in total. The summed E-state index contributed by atoms with van der Waals surface area (Å²) in [6.45, 7) is 1.85. The second-order valence-corrected chi connectivity index (χ2v) is 12.2. The second kappa shape index (κ2) is 15.5. The topological polar surface area (TPSA) is 130 Å². The van der Waals surface area contributed by atoms with Crippen LogP contribution in [0.15, 0.2) is 48.8 Å². The quantitative estimate of drug-likeness (QED) is 0.127.